The molecule has 0 aromatic carbocycles. The zero-order valence-corrected chi connectivity index (χ0v) is 15.4. The fourth-order valence-electron chi connectivity index (χ4n) is 4.06. The third-order valence-corrected chi connectivity index (χ3v) is 5.15. The van der Waals surface area contributed by atoms with Crippen LogP contribution in [0.4, 0.5) is 0 Å². The van der Waals surface area contributed by atoms with Gasteiger partial charge in [0.1, 0.15) is 5.78 Å². The number of ether oxygens (including phenoxy) is 2. The number of rotatable bonds is 7. The molecule has 2 atom stereocenters. The van der Waals surface area contributed by atoms with Gasteiger partial charge in [0.2, 0.25) is 0 Å². The van der Waals surface area contributed by atoms with Crippen molar-refractivity contribution in [3.63, 3.8) is 0 Å². The highest BCUT2D eigenvalue weighted by molar-refractivity contribution is 6.01. The topological polar surface area (TPSA) is 69.7 Å². The number of esters is 2. The zero-order valence-electron chi connectivity index (χ0n) is 15.4. The second-order valence-corrected chi connectivity index (χ2v) is 6.75. The van der Waals surface area contributed by atoms with E-state index < -0.39 is 17.4 Å². The van der Waals surface area contributed by atoms with Gasteiger partial charge in [0, 0.05) is 12.3 Å². The van der Waals surface area contributed by atoms with E-state index in [0.717, 1.165) is 18.4 Å². The molecule has 1 fully saturated rings. The van der Waals surface area contributed by atoms with E-state index in [1.54, 1.807) is 20.8 Å². The van der Waals surface area contributed by atoms with Crippen molar-refractivity contribution in [2.24, 2.45) is 17.3 Å². The highest BCUT2D eigenvalue weighted by atomic mass is 16.6. The van der Waals surface area contributed by atoms with E-state index in [9.17, 15) is 14.4 Å². The van der Waals surface area contributed by atoms with Crippen LogP contribution < -0.4 is 0 Å². The van der Waals surface area contributed by atoms with Crippen molar-refractivity contribution < 1.29 is 23.9 Å². The monoisotopic (exact) mass is 348 g/mol. The first-order valence-electron chi connectivity index (χ1n) is 9.16. The van der Waals surface area contributed by atoms with Crippen LogP contribution in [0.2, 0.25) is 0 Å². The van der Waals surface area contributed by atoms with Crippen molar-refractivity contribution in [1.29, 1.82) is 0 Å². The van der Waals surface area contributed by atoms with Crippen LogP contribution in [0.5, 0.6) is 0 Å². The summed E-state index contributed by atoms with van der Waals surface area (Å²) in [6.07, 6.45) is 9.22. The molecular weight excluding hydrogens is 320 g/mol. The summed E-state index contributed by atoms with van der Waals surface area (Å²) in [5.74, 6) is -0.927. The van der Waals surface area contributed by atoms with Gasteiger partial charge < -0.3 is 14.3 Å². The lowest BCUT2D eigenvalue weighted by Gasteiger charge is -2.33. The standard InChI is InChI=1S/C20H28O5/c1-4-24-18(22)20(19(23)25-5-2)13-15(10-8-9-14(3)21)16-11-6-7-12-17(16)20/h6,10-11,16-17H,4-5,7-9,12-13H2,1-3H3/b15-10-/t16-,17-/m1/s1. The molecule has 0 saturated heterocycles. The van der Waals surface area contributed by atoms with Crippen LogP contribution in [0.25, 0.3) is 0 Å². The first-order valence-corrected chi connectivity index (χ1v) is 9.16. The predicted molar refractivity (Wildman–Crippen MR) is 93.7 cm³/mol. The molecule has 0 bridgehead atoms. The first kappa shape index (κ1) is 19.4. The van der Waals surface area contributed by atoms with E-state index >= 15 is 0 Å². The third kappa shape index (κ3) is 3.86. The first-order chi connectivity index (χ1) is 12.0. The fraction of sp³-hybridized carbons (Fsp3) is 0.650. The van der Waals surface area contributed by atoms with E-state index in [-0.39, 0.29) is 30.8 Å². The largest absolute Gasteiger partial charge is 0.465 e. The maximum absolute atomic E-state index is 12.8. The van der Waals surface area contributed by atoms with Crippen LogP contribution in [0.15, 0.2) is 23.8 Å². The number of carbonyl (C=O) groups is 3. The fourth-order valence-corrected chi connectivity index (χ4v) is 4.06. The molecule has 2 rings (SSSR count). The molecule has 0 aromatic heterocycles. The van der Waals surface area contributed by atoms with E-state index in [4.69, 9.17) is 9.47 Å². The SMILES string of the molecule is CCOC(=O)C1(C(=O)OCC)C/C(=C/CCC(C)=O)[C@H]2C=CCC[C@H]21. The molecule has 5 nitrogen and oxygen atoms in total. The van der Waals surface area contributed by atoms with E-state index in [1.165, 1.54) is 0 Å². The van der Waals surface area contributed by atoms with Crippen LogP contribution in [0.3, 0.4) is 0 Å². The van der Waals surface area contributed by atoms with Gasteiger partial charge in [-0.25, -0.2) is 0 Å². The molecule has 0 spiro atoms. The normalized spacial score (nSPS) is 25.5. The highest BCUT2D eigenvalue weighted by Crippen LogP contribution is 2.55. The smallest absolute Gasteiger partial charge is 0.324 e. The van der Waals surface area contributed by atoms with Gasteiger partial charge in [0.05, 0.1) is 13.2 Å². The van der Waals surface area contributed by atoms with Gasteiger partial charge >= 0.3 is 11.9 Å². The van der Waals surface area contributed by atoms with E-state index in [0.29, 0.717) is 19.3 Å². The Morgan fingerprint density at radius 2 is 1.84 bits per heavy atom. The Bertz CT molecular complexity index is 569. The average Bonchev–Trinajstić information content (AvgIpc) is 2.91. The van der Waals surface area contributed by atoms with Gasteiger partial charge in [-0.15, -0.1) is 0 Å². The summed E-state index contributed by atoms with van der Waals surface area (Å²) >= 11 is 0. The van der Waals surface area contributed by atoms with Crippen LogP contribution in [-0.4, -0.2) is 30.9 Å². The molecule has 25 heavy (non-hydrogen) atoms. The number of Topliss-reactive ketones (excluding diaryl/α,β-unsaturated/α-hetero) is 1. The number of hydrogen-bond acceptors (Lipinski definition) is 5. The van der Waals surface area contributed by atoms with Crippen LogP contribution in [0, 0.1) is 17.3 Å². The summed E-state index contributed by atoms with van der Waals surface area (Å²) < 4.78 is 10.6. The summed E-state index contributed by atoms with van der Waals surface area (Å²) in [5.41, 5.74) is -0.216. The molecule has 0 aliphatic heterocycles. The Kier molecular flexibility index (Phi) is 6.57. The number of ketones is 1. The molecule has 0 N–H and O–H groups in total. The predicted octanol–water partition coefficient (Wildman–Crippen LogP) is 3.38. The maximum atomic E-state index is 12.8. The molecule has 2 aliphatic carbocycles. The van der Waals surface area contributed by atoms with Crippen LogP contribution in [0.1, 0.15) is 52.9 Å². The molecule has 0 unspecified atom stereocenters. The maximum Gasteiger partial charge on any atom is 0.324 e. The van der Waals surface area contributed by atoms with Crippen molar-refractivity contribution in [2.75, 3.05) is 13.2 Å². The number of fused-ring (bicyclic) bond motifs is 1. The number of allylic oxidation sites excluding steroid dienone is 4. The quantitative estimate of drug-likeness (QED) is 0.401. The third-order valence-electron chi connectivity index (χ3n) is 5.15. The Labute approximate surface area is 149 Å². The van der Waals surface area contributed by atoms with E-state index in [1.807, 2.05) is 6.08 Å². The van der Waals surface area contributed by atoms with Gasteiger partial charge in [-0.3, -0.25) is 9.59 Å². The zero-order chi connectivity index (χ0) is 18.4. The van der Waals surface area contributed by atoms with Gasteiger partial charge in [-0.1, -0.05) is 23.8 Å². The lowest BCUT2D eigenvalue weighted by Crippen LogP contribution is -2.46. The molecule has 5 heteroatoms. The van der Waals surface area contributed by atoms with Crippen molar-refractivity contribution in [1.82, 2.24) is 0 Å². The highest BCUT2D eigenvalue weighted by Gasteiger charge is 2.61. The van der Waals surface area contributed by atoms with Crippen molar-refractivity contribution in [3.8, 4) is 0 Å². The van der Waals surface area contributed by atoms with Crippen LogP contribution >= 0.6 is 0 Å². The summed E-state index contributed by atoms with van der Waals surface area (Å²) in [6, 6.07) is 0. The molecule has 0 amide bonds. The van der Waals surface area contributed by atoms with Crippen molar-refractivity contribution in [2.45, 2.75) is 52.9 Å². The lowest BCUT2D eigenvalue weighted by molar-refractivity contribution is -0.175. The second kappa shape index (κ2) is 8.45. The average molecular weight is 348 g/mol. The number of carbonyl (C=O) groups excluding carboxylic acids is 3. The summed E-state index contributed by atoms with van der Waals surface area (Å²) in [4.78, 5) is 36.9. The van der Waals surface area contributed by atoms with Gasteiger partial charge in [-0.05, 0) is 52.4 Å². The Hall–Kier alpha value is -1.91. The Morgan fingerprint density at radius 1 is 1.20 bits per heavy atom. The molecule has 0 radical (unpaired) electrons. The van der Waals surface area contributed by atoms with E-state index in [2.05, 4.69) is 12.2 Å². The van der Waals surface area contributed by atoms with Gasteiger partial charge in [0.15, 0.2) is 5.41 Å². The number of hydrogen-bond donors (Lipinski definition) is 0. The molecule has 138 valence electrons. The molecule has 0 aromatic rings. The van der Waals surface area contributed by atoms with Crippen molar-refractivity contribution >= 4 is 17.7 Å². The minimum atomic E-state index is -1.26. The Balaban J connectivity index is 2.40. The molecule has 1 saturated carbocycles. The van der Waals surface area contributed by atoms with Gasteiger partial charge in [-0.2, -0.15) is 0 Å². The second-order valence-electron chi connectivity index (χ2n) is 6.75. The minimum Gasteiger partial charge on any atom is -0.465 e. The lowest BCUT2D eigenvalue weighted by atomic mass is 9.71. The molecule has 2 aliphatic rings. The molecule has 0 heterocycles. The summed E-state index contributed by atoms with van der Waals surface area (Å²) in [6.45, 7) is 5.52. The summed E-state index contributed by atoms with van der Waals surface area (Å²) in [5, 5.41) is 0. The minimum absolute atomic E-state index is 0.0366. The molecular formula is C20H28O5. The van der Waals surface area contributed by atoms with Crippen molar-refractivity contribution in [3.05, 3.63) is 23.8 Å². The van der Waals surface area contributed by atoms with Gasteiger partial charge in [0.25, 0.3) is 0 Å². The Morgan fingerprint density at radius 3 is 2.40 bits per heavy atom. The summed E-state index contributed by atoms with van der Waals surface area (Å²) in [7, 11) is 0. The van der Waals surface area contributed by atoms with Crippen LogP contribution in [-0.2, 0) is 23.9 Å².